The van der Waals surface area contributed by atoms with Gasteiger partial charge in [-0.2, -0.15) is 0 Å². The van der Waals surface area contributed by atoms with Gasteiger partial charge in [-0.25, -0.2) is 4.39 Å². The molecule has 0 saturated heterocycles. The largest absolute Gasteiger partial charge is 0.381 e. The van der Waals surface area contributed by atoms with Gasteiger partial charge in [-0.3, -0.25) is 4.79 Å². The van der Waals surface area contributed by atoms with Crippen molar-refractivity contribution in [1.82, 2.24) is 0 Å². The lowest BCUT2D eigenvalue weighted by atomic mass is 9.80. The fourth-order valence-electron chi connectivity index (χ4n) is 2.31. The second kappa shape index (κ2) is 5.06. The minimum Gasteiger partial charge on any atom is -0.381 e. The number of ketones is 1. The highest BCUT2D eigenvalue weighted by Crippen LogP contribution is 2.35. The van der Waals surface area contributed by atoms with Gasteiger partial charge in [0.05, 0.1) is 11.2 Å². The Morgan fingerprint density at radius 2 is 2.22 bits per heavy atom. The summed E-state index contributed by atoms with van der Waals surface area (Å²) < 4.78 is 19.1. The maximum absolute atomic E-state index is 13.6. The van der Waals surface area contributed by atoms with Crippen LogP contribution in [0.2, 0.25) is 0 Å². The van der Waals surface area contributed by atoms with E-state index in [0.29, 0.717) is 12.2 Å². The Balaban J connectivity index is 2.14. The Morgan fingerprint density at radius 3 is 2.72 bits per heavy atom. The number of carbonyl (C=O) groups is 1. The van der Waals surface area contributed by atoms with Crippen molar-refractivity contribution in [3.8, 4) is 0 Å². The smallest absolute Gasteiger partial charge is 0.164 e. The quantitative estimate of drug-likeness (QED) is 0.817. The van der Waals surface area contributed by atoms with Crippen LogP contribution in [0.4, 0.5) is 10.1 Å². The van der Waals surface area contributed by atoms with E-state index in [0.717, 1.165) is 19.3 Å². The first-order valence-corrected chi connectivity index (χ1v) is 6.16. The fraction of sp³-hybridized carbons (Fsp3) is 0.500. The second-order valence-corrected chi connectivity index (χ2v) is 4.81. The zero-order valence-electron chi connectivity index (χ0n) is 10.8. The monoisotopic (exact) mass is 251 g/mol. The fourth-order valence-corrected chi connectivity index (χ4v) is 2.31. The average molecular weight is 251 g/mol. The van der Waals surface area contributed by atoms with Crippen LogP contribution in [0, 0.1) is 5.82 Å². The average Bonchev–Trinajstić information content (AvgIpc) is 2.27. The molecule has 0 spiro atoms. The molecule has 2 rings (SSSR count). The summed E-state index contributed by atoms with van der Waals surface area (Å²) >= 11 is 0. The summed E-state index contributed by atoms with van der Waals surface area (Å²) in [5.41, 5.74) is 0.523. The van der Waals surface area contributed by atoms with Crippen molar-refractivity contribution < 1.29 is 13.9 Å². The molecule has 1 aromatic rings. The van der Waals surface area contributed by atoms with Gasteiger partial charge in [0.2, 0.25) is 0 Å². The van der Waals surface area contributed by atoms with E-state index in [2.05, 4.69) is 5.32 Å². The molecule has 18 heavy (non-hydrogen) atoms. The van der Waals surface area contributed by atoms with Gasteiger partial charge in [0, 0.05) is 19.3 Å². The third kappa shape index (κ3) is 2.38. The lowest BCUT2D eigenvalue weighted by Gasteiger charge is -2.40. The second-order valence-electron chi connectivity index (χ2n) is 4.81. The first-order chi connectivity index (χ1) is 8.58. The van der Waals surface area contributed by atoms with E-state index in [1.807, 2.05) is 0 Å². The number of ether oxygens (including phenoxy) is 1. The van der Waals surface area contributed by atoms with Gasteiger partial charge in [-0.05, 0) is 38.3 Å². The molecule has 1 aromatic carbocycles. The van der Waals surface area contributed by atoms with Gasteiger partial charge in [-0.1, -0.05) is 6.07 Å². The molecule has 1 saturated carbocycles. The van der Waals surface area contributed by atoms with Crippen molar-refractivity contribution in [2.75, 3.05) is 19.0 Å². The lowest BCUT2D eigenvalue weighted by Crippen LogP contribution is -2.45. The Bertz CT molecular complexity index is 450. The van der Waals surface area contributed by atoms with Crippen LogP contribution in [-0.2, 0) is 4.74 Å². The Hall–Kier alpha value is -1.42. The van der Waals surface area contributed by atoms with Crippen molar-refractivity contribution in [2.45, 2.75) is 31.8 Å². The molecule has 0 atom stereocenters. The van der Waals surface area contributed by atoms with Gasteiger partial charge in [0.25, 0.3) is 0 Å². The number of halogens is 1. The number of carbonyl (C=O) groups excluding carboxylic acids is 1. The predicted molar refractivity (Wildman–Crippen MR) is 68.5 cm³/mol. The molecular formula is C14H18FNO2. The first kappa shape index (κ1) is 13.0. The van der Waals surface area contributed by atoms with Crippen molar-refractivity contribution >= 4 is 11.5 Å². The number of rotatable bonds is 5. The van der Waals surface area contributed by atoms with Crippen LogP contribution < -0.4 is 5.32 Å². The molecule has 1 aliphatic carbocycles. The zero-order valence-corrected chi connectivity index (χ0v) is 10.8. The maximum Gasteiger partial charge on any atom is 0.164 e. The lowest BCUT2D eigenvalue weighted by molar-refractivity contribution is -0.0601. The summed E-state index contributed by atoms with van der Waals surface area (Å²) in [5, 5.41) is 3.14. The van der Waals surface area contributed by atoms with Crippen molar-refractivity contribution in [3.63, 3.8) is 0 Å². The van der Waals surface area contributed by atoms with Crippen LogP contribution in [0.15, 0.2) is 18.2 Å². The van der Waals surface area contributed by atoms with Crippen molar-refractivity contribution in [3.05, 3.63) is 29.6 Å². The highest BCUT2D eigenvalue weighted by Gasteiger charge is 2.36. The molecule has 3 nitrogen and oxygen atoms in total. The van der Waals surface area contributed by atoms with E-state index in [-0.39, 0.29) is 16.9 Å². The molecule has 0 aromatic heterocycles. The normalized spacial score (nSPS) is 17.1. The molecule has 4 heteroatoms. The van der Waals surface area contributed by atoms with Gasteiger partial charge in [-0.15, -0.1) is 0 Å². The Labute approximate surface area is 106 Å². The number of benzene rings is 1. The van der Waals surface area contributed by atoms with Crippen LogP contribution in [0.5, 0.6) is 0 Å². The van der Waals surface area contributed by atoms with E-state index in [1.54, 1.807) is 19.2 Å². The molecule has 0 aliphatic heterocycles. The summed E-state index contributed by atoms with van der Waals surface area (Å²) in [6.45, 7) is 1.98. The van der Waals surface area contributed by atoms with Gasteiger partial charge < -0.3 is 10.1 Å². The number of Topliss-reactive ketones (excluding diaryl/α,β-unsaturated/α-hetero) is 1. The van der Waals surface area contributed by atoms with Crippen LogP contribution >= 0.6 is 0 Å². The summed E-state index contributed by atoms with van der Waals surface area (Å²) in [6.07, 6.45) is 3.15. The van der Waals surface area contributed by atoms with E-state index < -0.39 is 5.82 Å². The zero-order chi connectivity index (χ0) is 13.2. The van der Waals surface area contributed by atoms with E-state index >= 15 is 0 Å². The topological polar surface area (TPSA) is 38.3 Å². The van der Waals surface area contributed by atoms with Gasteiger partial charge in [0.1, 0.15) is 5.82 Å². The van der Waals surface area contributed by atoms with Gasteiger partial charge in [0.15, 0.2) is 5.78 Å². The molecule has 0 heterocycles. The third-order valence-corrected chi connectivity index (χ3v) is 3.66. The summed E-state index contributed by atoms with van der Waals surface area (Å²) in [4.78, 5) is 11.5. The molecule has 0 amide bonds. The van der Waals surface area contributed by atoms with Crippen molar-refractivity contribution in [1.29, 1.82) is 0 Å². The molecule has 1 N–H and O–H groups in total. The van der Waals surface area contributed by atoms with Gasteiger partial charge >= 0.3 is 0 Å². The standard InChI is InChI=1S/C14H18FNO2/c1-10(17)13-11(15)5-3-6-12(13)16-9-14(18-2)7-4-8-14/h3,5-6,16H,4,7-9H2,1-2H3. The summed E-state index contributed by atoms with van der Waals surface area (Å²) in [7, 11) is 1.69. The molecule has 1 fully saturated rings. The maximum atomic E-state index is 13.6. The number of methoxy groups -OCH3 is 1. The summed E-state index contributed by atoms with van der Waals surface area (Å²) in [6, 6.07) is 4.63. The summed E-state index contributed by atoms with van der Waals surface area (Å²) in [5.74, 6) is -0.747. The number of nitrogens with one attached hydrogen (secondary N) is 1. The Kier molecular flexibility index (Phi) is 3.66. The van der Waals surface area contributed by atoms with Crippen LogP contribution in [0.1, 0.15) is 36.5 Å². The minimum absolute atomic E-state index is 0.128. The minimum atomic E-state index is -0.479. The Morgan fingerprint density at radius 1 is 1.50 bits per heavy atom. The van der Waals surface area contributed by atoms with Crippen LogP contribution in [-0.4, -0.2) is 25.0 Å². The molecule has 98 valence electrons. The predicted octanol–water partition coefficient (Wildman–Crippen LogP) is 3.01. The van der Waals surface area contributed by atoms with E-state index in [9.17, 15) is 9.18 Å². The molecule has 1 aliphatic rings. The number of anilines is 1. The van der Waals surface area contributed by atoms with Crippen molar-refractivity contribution in [2.24, 2.45) is 0 Å². The van der Waals surface area contributed by atoms with E-state index in [1.165, 1.54) is 13.0 Å². The van der Waals surface area contributed by atoms with Crippen LogP contribution in [0.3, 0.4) is 0 Å². The van der Waals surface area contributed by atoms with E-state index in [4.69, 9.17) is 4.74 Å². The molecule has 0 unspecified atom stereocenters. The molecule has 0 radical (unpaired) electrons. The highest BCUT2D eigenvalue weighted by molar-refractivity contribution is 5.99. The first-order valence-electron chi connectivity index (χ1n) is 6.16. The molecule has 0 bridgehead atoms. The van der Waals surface area contributed by atoms with Crippen LogP contribution in [0.25, 0.3) is 0 Å². The SMILES string of the molecule is COC1(CNc2cccc(F)c2C(C)=O)CCC1. The molecular weight excluding hydrogens is 233 g/mol. The number of hydrogen-bond donors (Lipinski definition) is 1. The third-order valence-electron chi connectivity index (χ3n) is 3.66. The number of hydrogen-bond acceptors (Lipinski definition) is 3. The highest BCUT2D eigenvalue weighted by atomic mass is 19.1.